The third-order valence-electron chi connectivity index (χ3n) is 2.18. The topological polar surface area (TPSA) is 43.1 Å². The predicted octanol–water partition coefficient (Wildman–Crippen LogP) is 2.51. The Kier molecular flexibility index (Phi) is 4.11. The highest BCUT2D eigenvalue weighted by atomic mass is 35.5. The molecule has 2 nitrogen and oxygen atoms in total. The van der Waals surface area contributed by atoms with Gasteiger partial charge in [0.05, 0.1) is 0 Å². The normalized spacial score (nSPS) is 12.5. The molecule has 2 N–H and O–H groups in total. The SMILES string of the molecule is CC(CCN)C(=O)c1ccc(Cl)cc1. The van der Waals surface area contributed by atoms with E-state index in [2.05, 4.69) is 0 Å². The van der Waals surface area contributed by atoms with Gasteiger partial charge in [-0.2, -0.15) is 0 Å². The Balaban J connectivity index is 2.74. The van der Waals surface area contributed by atoms with Gasteiger partial charge in [0.25, 0.3) is 0 Å². The molecule has 0 aliphatic carbocycles. The summed E-state index contributed by atoms with van der Waals surface area (Å²) in [4.78, 5) is 11.7. The van der Waals surface area contributed by atoms with Crippen LogP contribution in [0, 0.1) is 5.92 Å². The smallest absolute Gasteiger partial charge is 0.165 e. The lowest BCUT2D eigenvalue weighted by Crippen LogP contribution is -2.15. The van der Waals surface area contributed by atoms with Crippen LogP contribution in [0.2, 0.25) is 5.02 Å². The number of hydrogen-bond donors (Lipinski definition) is 1. The quantitative estimate of drug-likeness (QED) is 0.778. The van der Waals surface area contributed by atoms with Gasteiger partial charge in [-0.25, -0.2) is 0 Å². The van der Waals surface area contributed by atoms with Gasteiger partial charge in [0.15, 0.2) is 5.78 Å². The van der Waals surface area contributed by atoms with Gasteiger partial charge in [0.1, 0.15) is 0 Å². The van der Waals surface area contributed by atoms with Crippen molar-refractivity contribution in [3.63, 3.8) is 0 Å². The van der Waals surface area contributed by atoms with Gasteiger partial charge in [0, 0.05) is 16.5 Å². The van der Waals surface area contributed by atoms with Gasteiger partial charge < -0.3 is 5.73 Å². The molecule has 1 unspecified atom stereocenters. The summed E-state index contributed by atoms with van der Waals surface area (Å²) in [6.45, 7) is 2.43. The highest BCUT2D eigenvalue weighted by Crippen LogP contribution is 2.14. The number of rotatable bonds is 4. The molecular weight excluding hydrogens is 198 g/mol. The monoisotopic (exact) mass is 211 g/mol. The van der Waals surface area contributed by atoms with E-state index in [4.69, 9.17) is 17.3 Å². The minimum absolute atomic E-state index is 0.0128. The zero-order valence-corrected chi connectivity index (χ0v) is 8.92. The lowest BCUT2D eigenvalue weighted by atomic mass is 9.97. The van der Waals surface area contributed by atoms with Gasteiger partial charge in [-0.1, -0.05) is 18.5 Å². The second kappa shape index (κ2) is 5.13. The van der Waals surface area contributed by atoms with Crippen LogP contribution >= 0.6 is 11.6 Å². The minimum atomic E-state index is -0.0128. The van der Waals surface area contributed by atoms with Crippen LogP contribution in [0.1, 0.15) is 23.7 Å². The van der Waals surface area contributed by atoms with Gasteiger partial charge in [-0.3, -0.25) is 4.79 Å². The molecule has 0 radical (unpaired) electrons. The maximum absolute atomic E-state index is 11.7. The van der Waals surface area contributed by atoms with E-state index < -0.39 is 0 Å². The van der Waals surface area contributed by atoms with Crippen molar-refractivity contribution in [2.24, 2.45) is 11.7 Å². The Morgan fingerprint density at radius 3 is 2.50 bits per heavy atom. The number of hydrogen-bond acceptors (Lipinski definition) is 2. The first-order valence-electron chi connectivity index (χ1n) is 4.65. The number of Topliss-reactive ketones (excluding diaryl/α,β-unsaturated/α-hetero) is 1. The summed E-state index contributed by atoms with van der Waals surface area (Å²) in [5, 5.41) is 0.646. The van der Waals surface area contributed by atoms with E-state index in [1.54, 1.807) is 24.3 Å². The molecule has 14 heavy (non-hydrogen) atoms. The molecule has 0 aliphatic rings. The van der Waals surface area contributed by atoms with Crippen molar-refractivity contribution in [3.05, 3.63) is 34.9 Å². The van der Waals surface area contributed by atoms with Crippen LogP contribution in [0.3, 0.4) is 0 Å². The average Bonchev–Trinajstić information content (AvgIpc) is 2.18. The summed E-state index contributed by atoms with van der Waals surface area (Å²) in [6.07, 6.45) is 0.724. The summed E-state index contributed by atoms with van der Waals surface area (Å²) in [5.74, 6) is 0.119. The van der Waals surface area contributed by atoms with E-state index in [1.807, 2.05) is 6.92 Å². The maximum atomic E-state index is 11.7. The zero-order chi connectivity index (χ0) is 10.6. The first kappa shape index (κ1) is 11.2. The molecule has 0 aromatic heterocycles. The average molecular weight is 212 g/mol. The standard InChI is InChI=1S/C11H14ClNO/c1-8(6-7-13)11(14)9-2-4-10(12)5-3-9/h2-5,8H,6-7,13H2,1H3. The number of nitrogens with two attached hydrogens (primary N) is 1. The summed E-state index contributed by atoms with van der Waals surface area (Å²) in [6, 6.07) is 6.95. The molecule has 1 rings (SSSR count). The fourth-order valence-corrected chi connectivity index (χ4v) is 1.41. The molecule has 1 aromatic rings. The molecule has 0 aliphatic heterocycles. The van der Waals surface area contributed by atoms with Gasteiger partial charge in [-0.15, -0.1) is 0 Å². The van der Waals surface area contributed by atoms with Crippen LogP contribution in [0.5, 0.6) is 0 Å². The predicted molar refractivity (Wildman–Crippen MR) is 58.6 cm³/mol. The van der Waals surface area contributed by atoms with Crippen molar-refractivity contribution in [2.75, 3.05) is 6.54 Å². The summed E-state index contributed by atoms with van der Waals surface area (Å²) >= 11 is 5.73. The summed E-state index contributed by atoms with van der Waals surface area (Å²) in [7, 11) is 0. The molecule has 0 saturated carbocycles. The third-order valence-corrected chi connectivity index (χ3v) is 2.43. The van der Waals surface area contributed by atoms with E-state index in [1.165, 1.54) is 0 Å². The van der Waals surface area contributed by atoms with E-state index >= 15 is 0 Å². The van der Waals surface area contributed by atoms with Crippen molar-refractivity contribution >= 4 is 17.4 Å². The zero-order valence-electron chi connectivity index (χ0n) is 8.16. The van der Waals surface area contributed by atoms with Gasteiger partial charge >= 0.3 is 0 Å². The Labute approximate surface area is 89.1 Å². The maximum Gasteiger partial charge on any atom is 0.165 e. The van der Waals surface area contributed by atoms with Crippen molar-refractivity contribution in [2.45, 2.75) is 13.3 Å². The van der Waals surface area contributed by atoms with Crippen molar-refractivity contribution in [1.29, 1.82) is 0 Å². The van der Waals surface area contributed by atoms with Crippen LogP contribution in [0.15, 0.2) is 24.3 Å². The van der Waals surface area contributed by atoms with Crippen LogP contribution in [0.25, 0.3) is 0 Å². The van der Waals surface area contributed by atoms with Crippen molar-refractivity contribution in [1.82, 2.24) is 0 Å². The molecule has 0 saturated heterocycles. The Hall–Kier alpha value is -0.860. The lowest BCUT2D eigenvalue weighted by Gasteiger charge is -2.08. The molecule has 76 valence electrons. The van der Waals surface area contributed by atoms with Crippen LogP contribution in [-0.2, 0) is 0 Å². The molecule has 1 atom stereocenters. The molecular formula is C11H14ClNO. The highest BCUT2D eigenvalue weighted by molar-refractivity contribution is 6.30. The number of ketones is 1. The van der Waals surface area contributed by atoms with Crippen molar-refractivity contribution in [3.8, 4) is 0 Å². The van der Waals surface area contributed by atoms with E-state index in [0.717, 1.165) is 6.42 Å². The fourth-order valence-electron chi connectivity index (χ4n) is 1.28. The van der Waals surface area contributed by atoms with Gasteiger partial charge in [0.2, 0.25) is 0 Å². The largest absolute Gasteiger partial charge is 0.330 e. The van der Waals surface area contributed by atoms with E-state index in [0.29, 0.717) is 17.1 Å². The minimum Gasteiger partial charge on any atom is -0.330 e. The Morgan fingerprint density at radius 1 is 1.43 bits per heavy atom. The van der Waals surface area contributed by atoms with E-state index in [9.17, 15) is 4.79 Å². The molecule has 1 aromatic carbocycles. The molecule has 0 spiro atoms. The van der Waals surface area contributed by atoms with Gasteiger partial charge in [-0.05, 0) is 37.2 Å². The number of benzene rings is 1. The summed E-state index contributed by atoms with van der Waals surface area (Å²) in [5.41, 5.74) is 6.10. The first-order valence-corrected chi connectivity index (χ1v) is 5.02. The van der Waals surface area contributed by atoms with Crippen LogP contribution in [0.4, 0.5) is 0 Å². The van der Waals surface area contributed by atoms with Crippen molar-refractivity contribution < 1.29 is 4.79 Å². The first-order chi connectivity index (χ1) is 6.65. The molecule has 0 fully saturated rings. The van der Waals surface area contributed by atoms with Crippen LogP contribution in [-0.4, -0.2) is 12.3 Å². The molecule has 3 heteroatoms. The second-order valence-corrected chi connectivity index (χ2v) is 3.79. The molecule has 0 bridgehead atoms. The highest BCUT2D eigenvalue weighted by Gasteiger charge is 2.13. The number of carbonyl (C=O) groups is 1. The number of carbonyl (C=O) groups excluding carboxylic acids is 1. The summed E-state index contributed by atoms with van der Waals surface area (Å²) < 4.78 is 0. The number of halogens is 1. The lowest BCUT2D eigenvalue weighted by molar-refractivity contribution is 0.0925. The Bertz CT molecular complexity index is 308. The van der Waals surface area contributed by atoms with Crippen LogP contribution < -0.4 is 5.73 Å². The second-order valence-electron chi connectivity index (χ2n) is 3.35. The molecule has 0 heterocycles. The fraction of sp³-hybridized carbons (Fsp3) is 0.364. The van der Waals surface area contributed by atoms with E-state index in [-0.39, 0.29) is 11.7 Å². The molecule has 0 amide bonds. The Morgan fingerprint density at radius 2 is 2.00 bits per heavy atom. The third kappa shape index (κ3) is 2.82.